The average molecular weight is 333 g/mol. The summed E-state index contributed by atoms with van der Waals surface area (Å²) in [5, 5.41) is 3.49. The van der Waals surface area contributed by atoms with Crippen molar-refractivity contribution in [2.75, 3.05) is 0 Å². The molecule has 24 heavy (non-hydrogen) atoms. The van der Waals surface area contributed by atoms with E-state index in [1.54, 1.807) is 0 Å². The van der Waals surface area contributed by atoms with Crippen molar-refractivity contribution in [3.05, 3.63) is 65.5 Å². The van der Waals surface area contributed by atoms with E-state index in [1.165, 1.54) is 15.0 Å². The Labute approximate surface area is 144 Å². The molecule has 0 radical (unpaired) electrons. The van der Waals surface area contributed by atoms with Gasteiger partial charge < -0.3 is 4.74 Å². The lowest BCUT2D eigenvalue weighted by molar-refractivity contribution is -0.0257. The highest BCUT2D eigenvalue weighted by Crippen LogP contribution is 2.40. The number of ether oxygens (including phenoxy) is 1. The summed E-state index contributed by atoms with van der Waals surface area (Å²) in [4.78, 5) is 13.5. The topological polar surface area (TPSA) is 26.3 Å². The van der Waals surface area contributed by atoms with E-state index in [0.717, 1.165) is 19.3 Å². The Kier molecular flexibility index (Phi) is 3.63. The van der Waals surface area contributed by atoms with E-state index < -0.39 is 5.60 Å². The van der Waals surface area contributed by atoms with Crippen molar-refractivity contribution in [1.82, 2.24) is 0 Å². The number of rotatable bonds is 3. The van der Waals surface area contributed by atoms with E-state index in [2.05, 4.69) is 41.6 Å². The number of carbonyl (C=O) groups is 1. The molecule has 1 heterocycles. The van der Waals surface area contributed by atoms with E-state index in [1.807, 2.05) is 24.3 Å². The molecular weight excluding hydrogens is 316 g/mol. The van der Waals surface area contributed by atoms with Gasteiger partial charge in [0, 0.05) is 21.9 Å². The van der Waals surface area contributed by atoms with Gasteiger partial charge in [-0.05, 0) is 55.7 Å². The molecule has 4 rings (SSSR count). The molecule has 1 aliphatic rings. The number of fused-ring (bicyclic) bond motifs is 1. The molecule has 0 spiro atoms. The molecule has 2 aromatic carbocycles. The zero-order valence-electron chi connectivity index (χ0n) is 13.2. The van der Waals surface area contributed by atoms with Crippen LogP contribution in [0.1, 0.15) is 29.6 Å². The van der Waals surface area contributed by atoms with Crippen molar-refractivity contribution in [2.24, 2.45) is 0 Å². The van der Waals surface area contributed by atoms with Crippen LogP contribution < -0.4 is 0 Å². The summed E-state index contributed by atoms with van der Waals surface area (Å²) in [6.45, 7) is 0. The molecule has 1 fully saturated rings. The van der Waals surface area contributed by atoms with Gasteiger partial charge in [0.25, 0.3) is 0 Å². The van der Waals surface area contributed by atoms with Gasteiger partial charge >= 0.3 is 5.97 Å². The molecule has 1 unspecified atom stereocenters. The van der Waals surface area contributed by atoms with E-state index >= 15 is 0 Å². The lowest BCUT2D eigenvalue weighted by Gasteiger charge is -2.36. The third kappa shape index (κ3) is 2.50. The SMILES string of the molecule is C#CC1(OC(=O)c2ccc(-[s+]3ccc4ccccc43)cc2)CCC1. The van der Waals surface area contributed by atoms with Gasteiger partial charge in [0.05, 0.1) is 5.56 Å². The maximum absolute atomic E-state index is 12.3. The molecule has 3 aromatic rings. The fourth-order valence-corrected chi connectivity index (χ4v) is 4.87. The summed E-state index contributed by atoms with van der Waals surface area (Å²) < 4.78 is 6.87. The fourth-order valence-electron chi connectivity index (χ4n) is 2.99. The summed E-state index contributed by atoms with van der Waals surface area (Å²) in [5.41, 5.74) is -0.120. The van der Waals surface area contributed by atoms with Crippen LogP contribution in [-0.4, -0.2) is 11.6 Å². The standard InChI is InChI=1S/C21H17O2S/c1-2-21(13-5-14-21)23-20(22)17-8-10-18(11-9-17)24-15-12-16-6-3-4-7-19(16)24/h1,3-4,6-12,15H,5,13-14H2/q+1. The number of esters is 1. The molecule has 0 bridgehead atoms. The molecule has 1 atom stereocenters. The fraction of sp³-hybridized carbons (Fsp3) is 0.190. The smallest absolute Gasteiger partial charge is 0.339 e. The first-order valence-corrected chi connectivity index (χ1v) is 9.31. The van der Waals surface area contributed by atoms with Crippen LogP contribution in [0.2, 0.25) is 0 Å². The Morgan fingerprint density at radius 1 is 1.08 bits per heavy atom. The van der Waals surface area contributed by atoms with Crippen molar-refractivity contribution in [1.29, 1.82) is 0 Å². The minimum Gasteiger partial charge on any atom is -0.442 e. The molecule has 0 amide bonds. The molecular formula is C21H17O2S+. The van der Waals surface area contributed by atoms with Gasteiger partial charge in [0.15, 0.2) is 15.2 Å². The first-order chi connectivity index (χ1) is 11.7. The van der Waals surface area contributed by atoms with Crippen molar-refractivity contribution >= 4 is 26.5 Å². The highest BCUT2D eigenvalue weighted by molar-refractivity contribution is 7.43. The summed E-state index contributed by atoms with van der Waals surface area (Å²) in [5.74, 6) is 2.30. The van der Waals surface area contributed by atoms with Gasteiger partial charge in [-0.25, -0.2) is 4.79 Å². The lowest BCUT2D eigenvalue weighted by Crippen LogP contribution is -2.40. The molecule has 2 nitrogen and oxygen atoms in total. The summed E-state index contributed by atoms with van der Waals surface area (Å²) in [7, 11) is -0.0632. The number of carbonyl (C=O) groups excluding carboxylic acids is 1. The quantitative estimate of drug-likeness (QED) is 0.370. The van der Waals surface area contributed by atoms with Gasteiger partial charge in [0.1, 0.15) is 5.38 Å². The summed E-state index contributed by atoms with van der Waals surface area (Å²) in [6, 6.07) is 18.3. The van der Waals surface area contributed by atoms with Crippen molar-refractivity contribution in [3.63, 3.8) is 0 Å². The second-order valence-electron chi connectivity index (χ2n) is 6.08. The summed E-state index contributed by atoms with van der Waals surface area (Å²) in [6.07, 6.45) is 8.06. The molecule has 0 saturated heterocycles. The van der Waals surface area contributed by atoms with Gasteiger partial charge in [0.2, 0.25) is 0 Å². The van der Waals surface area contributed by atoms with Crippen LogP contribution in [0, 0.1) is 12.3 Å². The minimum absolute atomic E-state index is 0.0632. The van der Waals surface area contributed by atoms with Gasteiger partial charge in [-0.15, -0.1) is 6.42 Å². The molecule has 1 aliphatic carbocycles. The van der Waals surface area contributed by atoms with Crippen molar-refractivity contribution < 1.29 is 9.53 Å². The monoisotopic (exact) mass is 333 g/mol. The number of hydrogen-bond donors (Lipinski definition) is 0. The number of thiophene rings is 1. The van der Waals surface area contributed by atoms with Crippen molar-refractivity contribution in [3.8, 4) is 17.2 Å². The minimum atomic E-state index is -0.676. The Hall–Kier alpha value is -2.57. The maximum atomic E-state index is 12.3. The molecule has 0 N–H and O–H groups in total. The lowest BCUT2D eigenvalue weighted by atomic mass is 9.81. The zero-order chi connectivity index (χ0) is 16.6. The Morgan fingerprint density at radius 2 is 1.83 bits per heavy atom. The van der Waals surface area contributed by atoms with E-state index in [0.29, 0.717) is 5.56 Å². The first-order valence-electron chi connectivity index (χ1n) is 8.02. The predicted molar refractivity (Wildman–Crippen MR) is 98.6 cm³/mol. The van der Waals surface area contributed by atoms with Gasteiger partial charge in [-0.3, -0.25) is 0 Å². The molecule has 1 saturated carbocycles. The van der Waals surface area contributed by atoms with Crippen LogP contribution in [0.4, 0.5) is 0 Å². The van der Waals surface area contributed by atoms with Crippen molar-refractivity contribution in [2.45, 2.75) is 24.9 Å². The average Bonchev–Trinajstić information content (AvgIpc) is 3.02. The third-order valence-electron chi connectivity index (χ3n) is 4.60. The molecule has 0 aliphatic heterocycles. The number of benzene rings is 2. The predicted octanol–water partition coefficient (Wildman–Crippen LogP) is 5.29. The summed E-state index contributed by atoms with van der Waals surface area (Å²) >= 11 is 0. The number of terminal acetylenes is 1. The maximum Gasteiger partial charge on any atom is 0.339 e. The second-order valence-corrected chi connectivity index (χ2v) is 7.94. The highest BCUT2D eigenvalue weighted by atomic mass is 32.2. The molecule has 118 valence electrons. The van der Waals surface area contributed by atoms with Gasteiger partial charge in [-0.2, -0.15) is 0 Å². The van der Waals surface area contributed by atoms with Crippen LogP contribution in [0.15, 0.2) is 60.0 Å². The Bertz CT molecular complexity index is 940. The largest absolute Gasteiger partial charge is 0.442 e. The highest BCUT2D eigenvalue weighted by Gasteiger charge is 2.39. The zero-order valence-corrected chi connectivity index (χ0v) is 14.0. The molecule has 3 heteroatoms. The van der Waals surface area contributed by atoms with Crippen LogP contribution in [-0.2, 0) is 4.74 Å². The molecule has 1 aromatic heterocycles. The van der Waals surface area contributed by atoms with Crippen LogP contribution in [0.25, 0.3) is 15.0 Å². The second kappa shape index (κ2) is 5.81. The first kappa shape index (κ1) is 15.0. The normalized spacial score (nSPS) is 16.2. The van der Waals surface area contributed by atoms with Crippen LogP contribution >= 0.6 is 10.5 Å². The van der Waals surface area contributed by atoms with E-state index in [-0.39, 0.29) is 16.4 Å². The Balaban J connectivity index is 1.59. The third-order valence-corrected chi connectivity index (χ3v) is 6.63. The number of hydrogen-bond acceptors (Lipinski definition) is 2. The Morgan fingerprint density at radius 3 is 2.50 bits per heavy atom. The van der Waals surface area contributed by atoms with E-state index in [9.17, 15) is 4.79 Å². The van der Waals surface area contributed by atoms with Crippen LogP contribution in [0.3, 0.4) is 0 Å². The van der Waals surface area contributed by atoms with E-state index in [4.69, 9.17) is 11.2 Å². The van der Waals surface area contributed by atoms with Crippen LogP contribution in [0.5, 0.6) is 0 Å². The van der Waals surface area contributed by atoms with Gasteiger partial charge in [-0.1, -0.05) is 18.1 Å².